The van der Waals surface area contributed by atoms with Crippen molar-refractivity contribution in [3.63, 3.8) is 0 Å². The van der Waals surface area contributed by atoms with Gasteiger partial charge in [-0.3, -0.25) is 0 Å². The Kier molecular flexibility index (Phi) is 4.20. The van der Waals surface area contributed by atoms with Crippen LogP contribution in [0.1, 0.15) is 12.8 Å². The number of anilines is 1. The van der Waals surface area contributed by atoms with Crippen molar-refractivity contribution < 1.29 is 13.9 Å². The van der Waals surface area contributed by atoms with Gasteiger partial charge in [-0.2, -0.15) is 0 Å². The number of fused-ring (bicyclic) bond motifs is 1. The fourth-order valence-electron chi connectivity index (χ4n) is 2.70. The molecular weight excluding hydrogens is 284 g/mol. The van der Waals surface area contributed by atoms with Crippen LogP contribution in [0.4, 0.5) is 5.69 Å². The predicted octanol–water partition coefficient (Wildman–Crippen LogP) is 1.97. The minimum atomic E-state index is -0.426. The Labute approximate surface area is 128 Å². The molecule has 0 aliphatic carbocycles. The molecule has 1 unspecified atom stereocenters. The van der Waals surface area contributed by atoms with E-state index in [1.54, 1.807) is 20.2 Å². The minimum absolute atomic E-state index is 0.100. The van der Waals surface area contributed by atoms with Crippen molar-refractivity contribution in [3.8, 4) is 11.5 Å². The molecule has 1 atom stereocenters. The van der Waals surface area contributed by atoms with Crippen LogP contribution in [-0.2, 0) is 0 Å². The van der Waals surface area contributed by atoms with E-state index < -0.39 is 5.63 Å². The maximum atomic E-state index is 11.9. The second-order valence-corrected chi connectivity index (χ2v) is 5.30. The number of hydrogen-bond donors (Lipinski definition) is 2. The van der Waals surface area contributed by atoms with Crippen molar-refractivity contribution in [1.29, 1.82) is 0 Å². The molecule has 0 saturated carbocycles. The van der Waals surface area contributed by atoms with E-state index in [-0.39, 0.29) is 6.10 Å². The Morgan fingerprint density at radius 3 is 2.95 bits per heavy atom. The standard InChI is InChI=1S/C16H20N2O4/c1-17-12-8-10-5-6-13(21-11-4-3-7-18-9-11)15(20-2)14(10)22-16(12)19/h5-6,8,11,17-18H,3-4,7,9H2,1-2H3. The summed E-state index contributed by atoms with van der Waals surface area (Å²) < 4.78 is 16.8. The lowest BCUT2D eigenvalue weighted by atomic mass is 10.1. The first-order valence-corrected chi connectivity index (χ1v) is 7.43. The summed E-state index contributed by atoms with van der Waals surface area (Å²) in [5.41, 5.74) is 0.400. The minimum Gasteiger partial charge on any atom is -0.490 e. The molecule has 1 aliphatic heterocycles. The molecule has 0 radical (unpaired) electrons. The Balaban J connectivity index is 2.02. The Morgan fingerprint density at radius 1 is 1.41 bits per heavy atom. The average molecular weight is 304 g/mol. The first-order chi connectivity index (χ1) is 10.7. The van der Waals surface area contributed by atoms with Gasteiger partial charge in [-0.25, -0.2) is 4.79 Å². The van der Waals surface area contributed by atoms with Crippen LogP contribution in [0.15, 0.2) is 27.4 Å². The molecule has 3 rings (SSSR count). The topological polar surface area (TPSA) is 72.7 Å². The summed E-state index contributed by atoms with van der Waals surface area (Å²) in [6, 6.07) is 5.47. The molecule has 2 aromatic rings. The number of methoxy groups -OCH3 is 1. The van der Waals surface area contributed by atoms with E-state index in [1.807, 2.05) is 12.1 Å². The summed E-state index contributed by atoms with van der Waals surface area (Å²) in [5.74, 6) is 1.06. The SMILES string of the molecule is CNc1cc2ccc(OC3CCCNC3)c(OC)c2oc1=O. The van der Waals surface area contributed by atoms with Crippen LogP contribution in [-0.4, -0.2) is 33.4 Å². The quantitative estimate of drug-likeness (QED) is 0.842. The van der Waals surface area contributed by atoms with Gasteiger partial charge < -0.3 is 24.5 Å². The van der Waals surface area contributed by atoms with Crippen molar-refractivity contribution in [2.75, 3.05) is 32.6 Å². The highest BCUT2D eigenvalue weighted by molar-refractivity contribution is 5.87. The van der Waals surface area contributed by atoms with Crippen molar-refractivity contribution in [2.24, 2.45) is 0 Å². The van der Waals surface area contributed by atoms with E-state index in [9.17, 15) is 4.79 Å². The second kappa shape index (κ2) is 6.27. The van der Waals surface area contributed by atoms with Gasteiger partial charge in [0.15, 0.2) is 11.3 Å². The maximum absolute atomic E-state index is 11.9. The molecule has 6 heteroatoms. The van der Waals surface area contributed by atoms with Gasteiger partial charge in [0.2, 0.25) is 5.75 Å². The Hall–Kier alpha value is -2.21. The molecule has 1 saturated heterocycles. The molecule has 1 aromatic carbocycles. The molecule has 0 bridgehead atoms. The zero-order chi connectivity index (χ0) is 15.5. The van der Waals surface area contributed by atoms with Crippen LogP contribution in [0.2, 0.25) is 0 Å². The maximum Gasteiger partial charge on any atom is 0.359 e. The molecule has 1 aliphatic rings. The predicted molar refractivity (Wildman–Crippen MR) is 85.1 cm³/mol. The van der Waals surface area contributed by atoms with E-state index in [2.05, 4.69) is 10.6 Å². The van der Waals surface area contributed by atoms with Crippen LogP contribution < -0.4 is 25.7 Å². The fourth-order valence-corrected chi connectivity index (χ4v) is 2.70. The van der Waals surface area contributed by atoms with Gasteiger partial charge in [-0.1, -0.05) is 0 Å². The van der Waals surface area contributed by atoms with Crippen molar-refractivity contribution in [3.05, 3.63) is 28.6 Å². The number of benzene rings is 1. The largest absolute Gasteiger partial charge is 0.490 e. The summed E-state index contributed by atoms with van der Waals surface area (Å²) in [7, 11) is 3.23. The van der Waals surface area contributed by atoms with E-state index in [0.717, 1.165) is 31.3 Å². The van der Waals surface area contributed by atoms with Gasteiger partial charge in [-0.15, -0.1) is 0 Å². The van der Waals surface area contributed by atoms with Crippen molar-refractivity contribution in [1.82, 2.24) is 5.32 Å². The average Bonchev–Trinajstić information content (AvgIpc) is 2.55. The molecule has 0 amide bonds. The van der Waals surface area contributed by atoms with Gasteiger partial charge in [-0.05, 0) is 37.6 Å². The lowest BCUT2D eigenvalue weighted by Crippen LogP contribution is -2.37. The van der Waals surface area contributed by atoms with Crippen molar-refractivity contribution >= 4 is 16.7 Å². The molecule has 1 fully saturated rings. The van der Waals surface area contributed by atoms with Crippen LogP contribution in [0.5, 0.6) is 11.5 Å². The lowest BCUT2D eigenvalue weighted by molar-refractivity contribution is 0.161. The monoisotopic (exact) mass is 304 g/mol. The summed E-state index contributed by atoms with van der Waals surface area (Å²) in [6.07, 6.45) is 2.18. The van der Waals surface area contributed by atoms with Crippen LogP contribution in [0.25, 0.3) is 11.0 Å². The normalized spacial score (nSPS) is 18.2. The fraction of sp³-hybridized carbons (Fsp3) is 0.438. The molecular formula is C16H20N2O4. The third-order valence-electron chi connectivity index (χ3n) is 3.84. The zero-order valence-electron chi connectivity index (χ0n) is 12.8. The molecule has 2 N–H and O–H groups in total. The number of piperidine rings is 1. The van der Waals surface area contributed by atoms with E-state index in [0.29, 0.717) is 22.8 Å². The third-order valence-corrected chi connectivity index (χ3v) is 3.84. The Bertz CT molecular complexity index is 720. The molecule has 6 nitrogen and oxygen atoms in total. The first-order valence-electron chi connectivity index (χ1n) is 7.43. The third kappa shape index (κ3) is 2.74. The molecule has 1 aromatic heterocycles. The molecule has 22 heavy (non-hydrogen) atoms. The van der Waals surface area contributed by atoms with E-state index >= 15 is 0 Å². The smallest absolute Gasteiger partial charge is 0.359 e. The Morgan fingerprint density at radius 2 is 2.27 bits per heavy atom. The summed E-state index contributed by atoms with van der Waals surface area (Å²) >= 11 is 0. The number of hydrogen-bond acceptors (Lipinski definition) is 6. The highest BCUT2D eigenvalue weighted by atomic mass is 16.5. The molecule has 2 heterocycles. The summed E-state index contributed by atoms with van der Waals surface area (Å²) in [4.78, 5) is 11.9. The molecule has 0 spiro atoms. The van der Waals surface area contributed by atoms with Gasteiger partial charge in [0, 0.05) is 19.0 Å². The van der Waals surface area contributed by atoms with E-state index in [1.165, 1.54) is 0 Å². The number of nitrogens with one attached hydrogen (secondary N) is 2. The van der Waals surface area contributed by atoms with Gasteiger partial charge in [0.05, 0.1) is 7.11 Å². The van der Waals surface area contributed by atoms with Crippen LogP contribution in [0.3, 0.4) is 0 Å². The highest BCUT2D eigenvalue weighted by Gasteiger charge is 2.19. The summed E-state index contributed by atoms with van der Waals surface area (Å²) in [6.45, 7) is 1.83. The first kappa shape index (κ1) is 14.7. The molecule has 118 valence electrons. The van der Waals surface area contributed by atoms with Gasteiger partial charge in [0.25, 0.3) is 0 Å². The summed E-state index contributed by atoms with van der Waals surface area (Å²) in [5, 5.41) is 6.91. The zero-order valence-corrected chi connectivity index (χ0v) is 12.8. The second-order valence-electron chi connectivity index (χ2n) is 5.30. The van der Waals surface area contributed by atoms with Crippen molar-refractivity contribution in [2.45, 2.75) is 18.9 Å². The number of ether oxygens (including phenoxy) is 2. The van der Waals surface area contributed by atoms with E-state index in [4.69, 9.17) is 13.9 Å². The lowest BCUT2D eigenvalue weighted by Gasteiger charge is -2.24. The van der Waals surface area contributed by atoms with Gasteiger partial charge in [0.1, 0.15) is 11.8 Å². The van der Waals surface area contributed by atoms with Crippen LogP contribution >= 0.6 is 0 Å². The number of rotatable bonds is 4. The highest BCUT2D eigenvalue weighted by Crippen LogP contribution is 2.36. The van der Waals surface area contributed by atoms with Crippen LogP contribution in [0, 0.1) is 0 Å². The van der Waals surface area contributed by atoms with Gasteiger partial charge >= 0.3 is 5.63 Å².